The van der Waals surface area contributed by atoms with Crippen LogP contribution in [0, 0.1) is 0 Å². The van der Waals surface area contributed by atoms with Crippen molar-refractivity contribution in [2.75, 3.05) is 24.3 Å². The number of rotatable bonds is 5. The van der Waals surface area contributed by atoms with E-state index in [0.717, 1.165) is 6.42 Å². The summed E-state index contributed by atoms with van der Waals surface area (Å²) in [5.41, 5.74) is 1.53. The summed E-state index contributed by atoms with van der Waals surface area (Å²) in [7, 11) is 0. The van der Waals surface area contributed by atoms with Crippen molar-refractivity contribution in [1.82, 2.24) is 9.55 Å². The Bertz CT molecular complexity index is 1440. The van der Waals surface area contributed by atoms with Gasteiger partial charge in [0.15, 0.2) is 16.7 Å². The number of anilines is 1. The molecule has 1 aliphatic rings. The van der Waals surface area contributed by atoms with Crippen LogP contribution in [0.5, 0.6) is 11.5 Å². The third-order valence-electron chi connectivity index (χ3n) is 5.17. The molecule has 5 rings (SSSR count). The van der Waals surface area contributed by atoms with Gasteiger partial charge in [-0.1, -0.05) is 41.6 Å². The Morgan fingerprint density at radius 3 is 2.71 bits per heavy atom. The van der Waals surface area contributed by atoms with Gasteiger partial charge in [0.05, 0.1) is 35.6 Å². The lowest BCUT2D eigenvalue weighted by Crippen LogP contribution is -2.23. The van der Waals surface area contributed by atoms with E-state index in [0.29, 0.717) is 57.2 Å². The van der Waals surface area contributed by atoms with Crippen LogP contribution in [0.15, 0.2) is 76.7 Å². The molecule has 3 aromatic carbocycles. The van der Waals surface area contributed by atoms with Crippen LogP contribution >= 0.6 is 23.4 Å². The summed E-state index contributed by atoms with van der Waals surface area (Å²) in [4.78, 5) is 30.7. The highest BCUT2D eigenvalue weighted by Crippen LogP contribution is 2.32. The number of carbonyl (C=O) groups excluding carboxylic acids is 1. The van der Waals surface area contributed by atoms with Crippen molar-refractivity contribution in [3.63, 3.8) is 0 Å². The molecule has 1 N–H and O–H groups in total. The van der Waals surface area contributed by atoms with Crippen LogP contribution in [0.1, 0.15) is 6.42 Å². The zero-order valence-corrected chi connectivity index (χ0v) is 19.6. The Morgan fingerprint density at radius 1 is 1.03 bits per heavy atom. The molecule has 0 aliphatic carbocycles. The number of hydrogen-bond donors (Lipinski definition) is 1. The van der Waals surface area contributed by atoms with E-state index in [1.54, 1.807) is 60.7 Å². The summed E-state index contributed by atoms with van der Waals surface area (Å²) < 4.78 is 12.8. The molecule has 0 saturated heterocycles. The average molecular weight is 494 g/mol. The number of halogens is 1. The van der Waals surface area contributed by atoms with Crippen LogP contribution in [0.3, 0.4) is 0 Å². The summed E-state index contributed by atoms with van der Waals surface area (Å²) in [5, 5.41) is 4.26. The Balaban J connectivity index is 1.40. The molecule has 7 nitrogen and oxygen atoms in total. The van der Waals surface area contributed by atoms with Gasteiger partial charge in [0.25, 0.3) is 5.56 Å². The third kappa shape index (κ3) is 4.73. The maximum atomic E-state index is 13.3. The molecule has 0 spiro atoms. The van der Waals surface area contributed by atoms with E-state index in [4.69, 9.17) is 21.1 Å². The van der Waals surface area contributed by atoms with Gasteiger partial charge in [-0.05, 0) is 42.5 Å². The van der Waals surface area contributed by atoms with Crippen molar-refractivity contribution in [1.29, 1.82) is 0 Å². The van der Waals surface area contributed by atoms with Gasteiger partial charge in [0.1, 0.15) is 0 Å². The molecular formula is C25H20ClN3O4S. The molecule has 0 saturated carbocycles. The lowest BCUT2D eigenvalue weighted by atomic mass is 10.2. The van der Waals surface area contributed by atoms with Crippen LogP contribution < -0.4 is 20.3 Å². The van der Waals surface area contributed by atoms with E-state index in [2.05, 4.69) is 10.3 Å². The van der Waals surface area contributed by atoms with Gasteiger partial charge in [-0.25, -0.2) is 4.98 Å². The van der Waals surface area contributed by atoms with E-state index < -0.39 is 0 Å². The molecule has 0 fully saturated rings. The maximum Gasteiger partial charge on any atom is 0.266 e. The lowest BCUT2D eigenvalue weighted by molar-refractivity contribution is -0.113. The number of amides is 1. The second kappa shape index (κ2) is 9.79. The van der Waals surface area contributed by atoms with E-state index in [1.807, 2.05) is 6.07 Å². The Kier molecular flexibility index (Phi) is 6.42. The number of ether oxygens (including phenoxy) is 2. The number of benzene rings is 3. The standard InChI is InChI=1S/C25H20ClN3O4S/c26-16-5-3-6-18(13-16)29-24(31)19-7-1-2-8-20(19)28-25(29)34-15-23(30)27-17-9-10-21-22(14-17)33-12-4-11-32-21/h1-3,5-10,13-14H,4,11-12,15H2,(H,27,30). The number of aromatic nitrogens is 2. The normalized spacial score (nSPS) is 12.9. The fourth-order valence-corrected chi connectivity index (χ4v) is 4.62. The second-order valence-electron chi connectivity index (χ2n) is 7.58. The van der Waals surface area contributed by atoms with Gasteiger partial charge in [-0.15, -0.1) is 0 Å². The number of thioether (sulfide) groups is 1. The van der Waals surface area contributed by atoms with Gasteiger partial charge in [-0.3, -0.25) is 14.2 Å². The van der Waals surface area contributed by atoms with Crippen LogP contribution in [0.4, 0.5) is 5.69 Å². The van der Waals surface area contributed by atoms with Crippen molar-refractivity contribution >= 4 is 45.9 Å². The number of nitrogens with one attached hydrogen (secondary N) is 1. The summed E-state index contributed by atoms with van der Waals surface area (Å²) in [6, 6.07) is 19.4. The molecule has 0 bridgehead atoms. The van der Waals surface area contributed by atoms with E-state index in [9.17, 15) is 9.59 Å². The topological polar surface area (TPSA) is 82.5 Å². The van der Waals surface area contributed by atoms with Crippen LogP contribution in [-0.2, 0) is 4.79 Å². The van der Waals surface area contributed by atoms with Gasteiger partial charge >= 0.3 is 0 Å². The van der Waals surface area contributed by atoms with Crippen LogP contribution in [-0.4, -0.2) is 34.4 Å². The van der Waals surface area contributed by atoms with Gasteiger partial charge in [0, 0.05) is 23.2 Å². The monoisotopic (exact) mass is 493 g/mol. The highest BCUT2D eigenvalue weighted by molar-refractivity contribution is 7.99. The molecular weight excluding hydrogens is 474 g/mol. The first kappa shape index (κ1) is 22.3. The first-order valence-corrected chi connectivity index (χ1v) is 12.0. The zero-order valence-electron chi connectivity index (χ0n) is 18.0. The molecule has 0 atom stereocenters. The van der Waals surface area contributed by atoms with Crippen molar-refractivity contribution < 1.29 is 14.3 Å². The molecule has 9 heteroatoms. The highest BCUT2D eigenvalue weighted by atomic mass is 35.5. The predicted molar refractivity (Wildman–Crippen MR) is 134 cm³/mol. The van der Waals surface area contributed by atoms with Crippen molar-refractivity contribution in [2.24, 2.45) is 0 Å². The van der Waals surface area contributed by atoms with Gasteiger partial charge in [-0.2, -0.15) is 0 Å². The molecule has 0 unspecified atom stereocenters. The molecule has 0 radical (unpaired) electrons. The van der Waals surface area contributed by atoms with Crippen molar-refractivity contribution in [3.8, 4) is 17.2 Å². The number of carbonyl (C=O) groups is 1. The zero-order chi connectivity index (χ0) is 23.5. The molecule has 2 heterocycles. The number of para-hydroxylation sites is 1. The van der Waals surface area contributed by atoms with Gasteiger partial charge in [0.2, 0.25) is 5.91 Å². The molecule has 1 aliphatic heterocycles. The fraction of sp³-hybridized carbons (Fsp3) is 0.160. The lowest BCUT2D eigenvalue weighted by Gasteiger charge is -2.14. The third-order valence-corrected chi connectivity index (χ3v) is 6.35. The smallest absolute Gasteiger partial charge is 0.266 e. The summed E-state index contributed by atoms with van der Waals surface area (Å²) in [6.45, 7) is 1.16. The minimum absolute atomic E-state index is 0.0553. The number of fused-ring (bicyclic) bond motifs is 2. The van der Waals surface area contributed by atoms with E-state index in [1.165, 1.54) is 16.3 Å². The molecule has 34 heavy (non-hydrogen) atoms. The molecule has 172 valence electrons. The van der Waals surface area contributed by atoms with E-state index >= 15 is 0 Å². The van der Waals surface area contributed by atoms with Crippen LogP contribution in [0.25, 0.3) is 16.6 Å². The number of hydrogen-bond acceptors (Lipinski definition) is 6. The van der Waals surface area contributed by atoms with Crippen molar-refractivity contribution in [3.05, 3.63) is 82.1 Å². The van der Waals surface area contributed by atoms with Crippen LogP contribution in [0.2, 0.25) is 5.02 Å². The SMILES string of the molecule is O=C(CSc1nc2ccccc2c(=O)n1-c1cccc(Cl)c1)Nc1ccc2c(c1)OCCCO2. The highest BCUT2D eigenvalue weighted by Gasteiger charge is 2.16. The molecule has 1 aromatic heterocycles. The quantitative estimate of drug-likeness (QED) is 0.313. The molecule has 1 amide bonds. The Labute approximate surface area is 204 Å². The summed E-state index contributed by atoms with van der Waals surface area (Å²) >= 11 is 7.35. The van der Waals surface area contributed by atoms with Crippen molar-refractivity contribution in [2.45, 2.75) is 11.6 Å². The first-order chi connectivity index (χ1) is 16.6. The Hall–Kier alpha value is -3.49. The summed E-state index contributed by atoms with van der Waals surface area (Å²) in [5.74, 6) is 1.09. The predicted octanol–water partition coefficient (Wildman–Crippen LogP) is 4.93. The molecule has 4 aromatic rings. The first-order valence-electron chi connectivity index (χ1n) is 10.7. The van der Waals surface area contributed by atoms with Gasteiger partial charge < -0.3 is 14.8 Å². The minimum Gasteiger partial charge on any atom is -0.490 e. The number of nitrogens with zero attached hydrogens (tertiary/aromatic N) is 2. The fourth-order valence-electron chi connectivity index (χ4n) is 3.62. The van der Waals surface area contributed by atoms with E-state index in [-0.39, 0.29) is 17.2 Å². The summed E-state index contributed by atoms with van der Waals surface area (Å²) in [6.07, 6.45) is 0.806. The average Bonchev–Trinajstić information content (AvgIpc) is 3.08. The minimum atomic E-state index is -0.237. The second-order valence-corrected chi connectivity index (χ2v) is 8.96. The maximum absolute atomic E-state index is 13.3. The Morgan fingerprint density at radius 2 is 1.85 bits per heavy atom. The largest absolute Gasteiger partial charge is 0.490 e.